The lowest BCUT2D eigenvalue weighted by atomic mass is 9.96. The third-order valence-electron chi connectivity index (χ3n) is 12.3. The number of rotatable bonds is 14. The molecular weight excluding hydrogens is 945 g/mol. The Morgan fingerprint density at radius 1 is 0.520 bits per heavy atom. The largest absolute Gasteiger partial charge is 0.480 e. The van der Waals surface area contributed by atoms with E-state index < -0.39 is 41.4 Å². The van der Waals surface area contributed by atoms with Crippen LogP contribution in [0.25, 0.3) is 0 Å². The van der Waals surface area contributed by atoms with Gasteiger partial charge in [-0.05, 0) is 87.1 Å². The predicted molar refractivity (Wildman–Crippen MR) is 292 cm³/mol. The molecule has 2 aromatic heterocycles. The van der Waals surface area contributed by atoms with Gasteiger partial charge in [-0.1, -0.05) is 133 Å². The Hall–Kier alpha value is -7.46. The maximum absolute atomic E-state index is 13.6. The first-order chi connectivity index (χ1) is 36.0. The van der Waals surface area contributed by atoms with Crippen LogP contribution in [0.3, 0.4) is 0 Å². The molecule has 0 aliphatic carbocycles. The molecule has 4 aromatic carbocycles. The van der Waals surface area contributed by atoms with Gasteiger partial charge in [-0.2, -0.15) is 0 Å². The number of hydrogen-bond acceptors (Lipinski definition) is 11. The lowest BCUT2D eigenvalue weighted by Gasteiger charge is -2.40. The molecule has 0 bridgehead atoms. The molecule has 0 unspecified atom stereocenters. The molecule has 396 valence electrons. The van der Waals surface area contributed by atoms with Gasteiger partial charge >= 0.3 is 18.2 Å². The van der Waals surface area contributed by atoms with Crippen molar-refractivity contribution in [3.05, 3.63) is 204 Å². The number of carbonyl (C=O) groups is 4. The average Bonchev–Trinajstić information content (AvgIpc) is 3.40. The zero-order valence-corrected chi connectivity index (χ0v) is 44.2. The highest BCUT2D eigenvalue weighted by molar-refractivity contribution is 5.86. The summed E-state index contributed by atoms with van der Waals surface area (Å²) in [6.45, 7) is 17.5. The number of ether oxygens (including phenoxy) is 2. The first-order valence-electron chi connectivity index (χ1n) is 25.7. The first-order valence-corrected chi connectivity index (χ1v) is 25.7. The van der Waals surface area contributed by atoms with Gasteiger partial charge in [-0.3, -0.25) is 24.6 Å². The number of amides is 3. The number of carbonyl (C=O) groups excluding carboxylic acids is 3. The Bertz CT molecular complexity index is 2550. The van der Waals surface area contributed by atoms with Crippen molar-refractivity contribution in [2.24, 2.45) is 0 Å². The van der Waals surface area contributed by atoms with Crippen molar-refractivity contribution in [3.63, 3.8) is 0 Å². The van der Waals surface area contributed by atoms with Crippen LogP contribution in [0.5, 0.6) is 0 Å². The molecular formula is C60H74N8O7. The van der Waals surface area contributed by atoms with E-state index in [2.05, 4.69) is 145 Å². The van der Waals surface area contributed by atoms with Gasteiger partial charge in [0.05, 0.1) is 12.1 Å². The van der Waals surface area contributed by atoms with E-state index in [-0.39, 0.29) is 18.4 Å². The van der Waals surface area contributed by atoms with Gasteiger partial charge in [0.15, 0.2) is 0 Å². The van der Waals surface area contributed by atoms with Crippen LogP contribution in [0.2, 0.25) is 0 Å². The smallest absolute Gasteiger partial charge is 0.408 e. The summed E-state index contributed by atoms with van der Waals surface area (Å²) in [4.78, 5) is 63.8. The summed E-state index contributed by atoms with van der Waals surface area (Å²) < 4.78 is 10.5. The van der Waals surface area contributed by atoms with E-state index in [0.717, 1.165) is 50.4 Å². The van der Waals surface area contributed by atoms with Gasteiger partial charge in [0, 0.05) is 90.0 Å². The Balaban J connectivity index is 0.000000202. The number of alkyl carbamates (subject to hydrolysis) is 2. The van der Waals surface area contributed by atoms with Gasteiger partial charge in [0.25, 0.3) is 0 Å². The highest BCUT2D eigenvalue weighted by atomic mass is 16.6. The number of carboxylic acid groups (broad SMARTS) is 1. The van der Waals surface area contributed by atoms with Crippen LogP contribution in [0, 0.1) is 0 Å². The minimum absolute atomic E-state index is 0.106. The van der Waals surface area contributed by atoms with Gasteiger partial charge in [-0.25, -0.2) is 14.4 Å². The third-order valence-corrected chi connectivity index (χ3v) is 12.3. The lowest BCUT2D eigenvalue weighted by Crippen LogP contribution is -2.56. The fraction of sp³-hybridized carbons (Fsp3) is 0.367. The summed E-state index contributed by atoms with van der Waals surface area (Å²) in [5.41, 5.74) is 5.52. The molecule has 0 saturated carbocycles. The molecule has 0 spiro atoms. The maximum atomic E-state index is 13.6. The van der Waals surface area contributed by atoms with E-state index in [1.165, 1.54) is 22.3 Å². The Morgan fingerprint density at radius 3 is 1.23 bits per heavy atom. The zero-order chi connectivity index (χ0) is 53.6. The number of benzene rings is 4. The standard InChI is InChI=1S/C30H36N4O3.C17H20N2.C13H18N2O4/c1-30(2,3)37-29(36)32-26(21-23-11-10-16-31-22-23)28(35)34-19-17-33(18-20-34)27(24-12-6-4-7-13-24)25-14-8-5-9-15-25;1-3-7-15(8-4-1)17(16-9-5-2-6-10-16)19-13-11-18-12-14-19;1-13(2,3)19-12(18)15-10(11(16)17)7-9-5-4-6-14-8-9/h4-16,22,26-27H,17-21H2,1-3H3,(H,32,36);1-10,17-18H,11-14H2;4-6,8,10H,7H2,1-3H3,(H,15,18)(H,16,17)/t26-;;10-/m0.0/s1. The molecule has 2 aliphatic heterocycles. The van der Waals surface area contributed by atoms with Crippen LogP contribution < -0.4 is 16.0 Å². The second-order valence-corrected chi connectivity index (χ2v) is 20.5. The van der Waals surface area contributed by atoms with Crippen LogP contribution in [-0.2, 0) is 31.9 Å². The molecule has 6 aromatic rings. The van der Waals surface area contributed by atoms with Crippen molar-refractivity contribution in [2.75, 3.05) is 52.4 Å². The van der Waals surface area contributed by atoms with Crippen LogP contribution in [0.15, 0.2) is 170 Å². The van der Waals surface area contributed by atoms with E-state index in [9.17, 15) is 19.2 Å². The molecule has 2 aliphatic rings. The molecule has 8 rings (SSSR count). The third kappa shape index (κ3) is 19.1. The fourth-order valence-electron chi connectivity index (χ4n) is 8.94. The first kappa shape index (κ1) is 56.8. The van der Waals surface area contributed by atoms with Crippen LogP contribution in [-0.4, -0.2) is 129 Å². The SMILES string of the molecule is CC(C)(C)OC(=O)N[C@@H](Cc1cccnc1)C(=O)N1CCN(C(c2ccccc2)c2ccccc2)CC1.CC(C)(C)OC(=O)N[C@@H](Cc1cccnc1)C(=O)O.c1ccc(C(c2ccccc2)N2CCNCC2)cc1. The summed E-state index contributed by atoms with van der Waals surface area (Å²) >= 11 is 0. The molecule has 2 saturated heterocycles. The summed E-state index contributed by atoms with van der Waals surface area (Å²) in [5.74, 6) is -1.22. The Kier molecular flexibility index (Phi) is 21.4. The summed E-state index contributed by atoms with van der Waals surface area (Å²) in [6, 6.07) is 48.5. The fourth-order valence-corrected chi connectivity index (χ4v) is 8.94. The normalized spacial score (nSPS) is 15.0. The second kappa shape index (κ2) is 28.3. The molecule has 3 amide bonds. The maximum Gasteiger partial charge on any atom is 0.408 e. The van der Waals surface area contributed by atoms with Gasteiger partial charge in [0.1, 0.15) is 23.3 Å². The summed E-state index contributed by atoms with van der Waals surface area (Å²) in [5, 5.41) is 17.7. The number of aliphatic carboxylic acids is 1. The number of piperazine rings is 2. The highest BCUT2D eigenvalue weighted by Crippen LogP contribution is 2.31. The molecule has 2 fully saturated rings. The molecule has 4 N–H and O–H groups in total. The molecule has 15 nitrogen and oxygen atoms in total. The molecule has 4 heterocycles. The number of aromatic nitrogens is 2. The number of nitrogens with zero attached hydrogens (tertiary/aromatic N) is 5. The monoisotopic (exact) mass is 1020 g/mol. The highest BCUT2D eigenvalue weighted by Gasteiger charge is 2.33. The predicted octanol–water partition coefficient (Wildman–Crippen LogP) is 8.73. The van der Waals surface area contributed by atoms with Crippen LogP contribution in [0.4, 0.5) is 9.59 Å². The Morgan fingerprint density at radius 2 is 0.880 bits per heavy atom. The molecule has 75 heavy (non-hydrogen) atoms. The van der Waals surface area contributed by atoms with E-state index in [4.69, 9.17) is 14.6 Å². The zero-order valence-electron chi connectivity index (χ0n) is 44.2. The van der Waals surface area contributed by atoms with Gasteiger partial charge < -0.3 is 35.4 Å². The van der Waals surface area contributed by atoms with Crippen molar-refractivity contribution in [1.82, 2.24) is 40.6 Å². The van der Waals surface area contributed by atoms with E-state index in [0.29, 0.717) is 25.6 Å². The van der Waals surface area contributed by atoms with Crippen molar-refractivity contribution in [2.45, 2.75) is 89.8 Å². The minimum atomic E-state index is -1.12. The van der Waals surface area contributed by atoms with E-state index >= 15 is 0 Å². The average molecular weight is 1020 g/mol. The van der Waals surface area contributed by atoms with Crippen molar-refractivity contribution in [3.8, 4) is 0 Å². The summed E-state index contributed by atoms with van der Waals surface area (Å²) in [6.07, 6.45) is 5.74. The minimum Gasteiger partial charge on any atom is -0.480 e. The molecule has 0 radical (unpaired) electrons. The molecule has 2 atom stereocenters. The van der Waals surface area contributed by atoms with Crippen LogP contribution >= 0.6 is 0 Å². The van der Waals surface area contributed by atoms with Crippen LogP contribution in [0.1, 0.15) is 87.0 Å². The van der Waals surface area contributed by atoms with Crippen molar-refractivity contribution < 1.29 is 33.8 Å². The number of nitrogens with one attached hydrogen (secondary N) is 3. The van der Waals surface area contributed by atoms with Crippen molar-refractivity contribution >= 4 is 24.1 Å². The number of carboxylic acids is 1. The molecule has 15 heteroatoms. The van der Waals surface area contributed by atoms with Gasteiger partial charge in [0.2, 0.25) is 5.91 Å². The lowest BCUT2D eigenvalue weighted by molar-refractivity contribution is -0.139. The Labute approximate surface area is 442 Å². The van der Waals surface area contributed by atoms with Crippen molar-refractivity contribution in [1.29, 1.82) is 0 Å². The second-order valence-electron chi connectivity index (χ2n) is 20.5. The van der Waals surface area contributed by atoms with E-state index in [1.807, 2.05) is 29.2 Å². The van der Waals surface area contributed by atoms with Gasteiger partial charge in [-0.15, -0.1) is 0 Å². The topological polar surface area (TPSA) is 179 Å². The van der Waals surface area contributed by atoms with E-state index in [1.54, 1.807) is 78.5 Å². The number of hydrogen-bond donors (Lipinski definition) is 4. The number of pyridine rings is 2. The quantitative estimate of drug-likeness (QED) is 0.0817. The summed E-state index contributed by atoms with van der Waals surface area (Å²) in [7, 11) is 0.